The van der Waals surface area contributed by atoms with Crippen molar-refractivity contribution >= 4 is 34.8 Å². The van der Waals surface area contributed by atoms with Gasteiger partial charge in [-0.15, -0.1) is 0 Å². The van der Waals surface area contributed by atoms with Crippen LogP contribution in [0.3, 0.4) is 0 Å². The van der Waals surface area contributed by atoms with Crippen molar-refractivity contribution in [3.8, 4) is 0 Å². The van der Waals surface area contributed by atoms with Gasteiger partial charge in [0.15, 0.2) is 0 Å². The first kappa shape index (κ1) is 32.6. The van der Waals surface area contributed by atoms with Crippen LogP contribution in [-0.4, -0.2) is 93.6 Å². The molecule has 5 rings (SSSR count). The van der Waals surface area contributed by atoms with Gasteiger partial charge in [0.2, 0.25) is 5.91 Å². The summed E-state index contributed by atoms with van der Waals surface area (Å²) >= 11 is 5.95. The van der Waals surface area contributed by atoms with Crippen LogP contribution in [-0.2, 0) is 25.4 Å². The summed E-state index contributed by atoms with van der Waals surface area (Å²) < 4.78 is 17.9. The molecule has 12 heteroatoms. The average Bonchev–Trinajstić information content (AvgIpc) is 3.49. The van der Waals surface area contributed by atoms with Gasteiger partial charge in [-0.25, -0.2) is 0 Å². The molecule has 1 aliphatic carbocycles. The lowest BCUT2D eigenvalue weighted by Crippen LogP contribution is -2.50. The monoisotopic (exact) mass is 637 g/mol. The minimum absolute atomic E-state index is 0.0288. The van der Waals surface area contributed by atoms with E-state index in [2.05, 4.69) is 22.3 Å². The number of rotatable bonds is 14. The summed E-state index contributed by atoms with van der Waals surface area (Å²) in [4.78, 5) is 43.4. The molecule has 2 amide bonds. The molecular weight excluding hydrogens is 598 g/mol. The summed E-state index contributed by atoms with van der Waals surface area (Å²) in [6, 6.07) is 16.1. The maximum absolute atomic E-state index is 13.5. The van der Waals surface area contributed by atoms with Crippen molar-refractivity contribution in [3.05, 3.63) is 92.9 Å². The maximum atomic E-state index is 13.5. The Morgan fingerprint density at radius 3 is 2.33 bits per heavy atom. The van der Waals surface area contributed by atoms with Crippen molar-refractivity contribution in [1.29, 1.82) is 0 Å². The number of amides is 2. The predicted molar refractivity (Wildman–Crippen MR) is 173 cm³/mol. The number of halogens is 1. The Morgan fingerprint density at radius 2 is 1.60 bits per heavy atom. The lowest BCUT2D eigenvalue weighted by atomic mass is 10.0. The molecule has 2 aliphatic rings. The highest BCUT2D eigenvalue weighted by atomic mass is 35.5. The van der Waals surface area contributed by atoms with Crippen molar-refractivity contribution in [2.24, 2.45) is 5.73 Å². The molecule has 3 N–H and O–H groups in total. The zero-order valence-electron chi connectivity index (χ0n) is 25.3. The fourth-order valence-electron chi connectivity index (χ4n) is 5.83. The van der Waals surface area contributed by atoms with Crippen LogP contribution < -0.4 is 21.5 Å². The number of aromatic nitrogens is 1. The second-order valence-corrected chi connectivity index (χ2v) is 11.4. The predicted octanol–water partition coefficient (Wildman–Crippen LogP) is 2.95. The number of nitrogens with zero attached hydrogens (tertiary/aromatic N) is 3. The van der Waals surface area contributed by atoms with E-state index in [0.717, 1.165) is 24.1 Å². The molecular formula is C33H40ClN5O6. The number of pyridine rings is 1. The molecule has 2 aromatic carbocycles. The molecule has 0 saturated carbocycles. The second kappa shape index (κ2) is 16.0. The largest absolute Gasteiger partial charge is 0.378 e. The Hall–Kier alpha value is -3.74. The Labute approximate surface area is 267 Å². The van der Waals surface area contributed by atoms with E-state index in [9.17, 15) is 14.4 Å². The average molecular weight is 638 g/mol. The summed E-state index contributed by atoms with van der Waals surface area (Å²) in [7, 11) is 0. The van der Waals surface area contributed by atoms with E-state index in [1.165, 1.54) is 5.56 Å². The van der Waals surface area contributed by atoms with Crippen molar-refractivity contribution in [2.75, 3.05) is 82.6 Å². The van der Waals surface area contributed by atoms with Crippen LogP contribution in [0.1, 0.15) is 33.9 Å². The number of fused-ring (bicyclic) bond motifs is 1. The number of carbonyl (C=O) groups is 2. The summed E-state index contributed by atoms with van der Waals surface area (Å²) in [5.41, 5.74) is 9.13. The van der Waals surface area contributed by atoms with E-state index >= 15 is 0 Å². The van der Waals surface area contributed by atoms with E-state index in [-0.39, 0.29) is 29.7 Å². The highest BCUT2D eigenvalue weighted by Gasteiger charge is 2.30. The summed E-state index contributed by atoms with van der Waals surface area (Å²) in [5, 5.41) is 3.35. The molecule has 1 unspecified atom stereocenters. The van der Waals surface area contributed by atoms with Crippen LogP contribution in [0.25, 0.3) is 0 Å². The number of nitrogens with two attached hydrogens (primary N) is 1. The smallest absolute Gasteiger partial charge is 0.263 e. The molecule has 1 saturated heterocycles. The summed E-state index contributed by atoms with van der Waals surface area (Å²) in [6.45, 7) is 5.36. The van der Waals surface area contributed by atoms with Gasteiger partial charge in [-0.1, -0.05) is 23.7 Å². The molecule has 0 spiro atoms. The Bertz CT molecular complexity index is 1510. The van der Waals surface area contributed by atoms with Crippen LogP contribution in [0, 0.1) is 0 Å². The molecule has 1 aliphatic heterocycles. The van der Waals surface area contributed by atoms with Crippen molar-refractivity contribution in [2.45, 2.75) is 18.9 Å². The van der Waals surface area contributed by atoms with Gasteiger partial charge in [0.1, 0.15) is 12.2 Å². The van der Waals surface area contributed by atoms with Crippen LogP contribution >= 0.6 is 11.6 Å². The zero-order chi connectivity index (χ0) is 31.6. The minimum Gasteiger partial charge on any atom is -0.378 e. The Kier molecular flexibility index (Phi) is 11.6. The first-order valence-electron chi connectivity index (χ1n) is 15.3. The standard InChI is InChI=1S/C33H40ClN5O6/c34-24-6-8-25(9-7-24)36-32(41)28-4-2-13-39(33(28)42)30-11-10-27-26(30)3-1-5-29(27)37-14-16-38(17-15-37)31(40)23-45-22-21-44-20-19-43-18-12-35/h1-9,13,30H,10-12,14-23,35H2,(H,36,41). The molecule has 11 nitrogen and oxygen atoms in total. The lowest BCUT2D eigenvalue weighted by molar-refractivity contribution is -0.137. The third kappa shape index (κ3) is 8.30. The Balaban J connectivity index is 1.15. The molecule has 0 radical (unpaired) electrons. The normalized spacial score (nSPS) is 16.1. The van der Waals surface area contributed by atoms with Gasteiger partial charge in [-0.3, -0.25) is 14.4 Å². The number of hydrogen-bond acceptors (Lipinski definition) is 8. The number of hydrogen-bond donors (Lipinski definition) is 2. The first-order chi connectivity index (χ1) is 22.0. The first-order valence-corrected chi connectivity index (χ1v) is 15.7. The SMILES string of the molecule is NCCOCCOCCOCC(=O)N1CCN(c2cccc3c2CCC3n2cccc(C(=O)Nc3ccc(Cl)cc3)c2=O)CC1. The minimum atomic E-state index is -0.459. The van der Waals surface area contributed by atoms with Gasteiger partial charge in [0.05, 0.1) is 39.1 Å². The van der Waals surface area contributed by atoms with Crippen molar-refractivity contribution in [1.82, 2.24) is 9.47 Å². The van der Waals surface area contributed by atoms with E-state index in [1.54, 1.807) is 47.2 Å². The quantitative estimate of drug-likeness (QED) is 0.258. The van der Waals surface area contributed by atoms with Gasteiger partial charge in [0, 0.05) is 55.3 Å². The third-order valence-corrected chi connectivity index (χ3v) is 8.33. The molecule has 240 valence electrons. The number of carbonyl (C=O) groups excluding carboxylic acids is 2. The van der Waals surface area contributed by atoms with Crippen molar-refractivity contribution < 1.29 is 23.8 Å². The van der Waals surface area contributed by atoms with Gasteiger partial charge >= 0.3 is 0 Å². The van der Waals surface area contributed by atoms with Crippen molar-refractivity contribution in [3.63, 3.8) is 0 Å². The summed E-state index contributed by atoms with van der Waals surface area (Å²) in [6.07, 6.45) is 3.33. The fraction of sp³-hybridized carbons (Fsp3) is 0.424. The van der Waals surface area contributed by atoms with Gasteiger partial charge in [-0.05, 0) is 66.4 Å². The van der Waals surface area contributed by atoms with Gasteiger partial charge < -0.3 is 39.6 Å². The highest BCUT2D eigenvalue weighted by Crippen LogP contribution is 2.39. The van der Waals surface area contributed by atoms with E-state index in [4.69, 9.17) is 31.5 Å². The number of ether oxygens (including phenoxy) is 3. The van der Waals surface area contributed by atoms with Crippen LogP contribution in [0.4, 0.5) is 11.4 Å². The number of nitrogens with one attached hydrogen (secondary N) is 1. The second-order valence-electron chi connectivity index (χ2n) is 10.9. The van der Waals surface area contributed by atoms with E-state index < -0.39 is 5.91 Å². The molecule has 1 fully saturated rings. The maximum Gasteiger partial charge on any atom is 0.263 e. The van der Waals surface area contributed by atoms with Gasteiger partial charge in [-0.2, -0.15) is 0 Å². The zero-order valence-corrected chi connectivity index (χ0v) is 26.0. The number of benzene rings is 2. The molecule has 2 heterocycles. The van der Waals surface area contributed by atoms with E-state index in [0.29, 0.717) is 76.5 Å². The Morgan fingerprint density at radius 1 is 0.889 bits per heavy atom. The van der Waals surface area contributed by atoms with Gasteiger partial charge in [0.25, 0.3) is 11.5 Å². The topological polar surface area (TPSA) is 128 Å². The van der Waals surface area contributed by atoms with Crippen LogP contribution in [0.2, 0.25) is 5.02 Å². The molecule has 1 atom stereocenters. The third-order valence-electron chi connectivity index (χ3n) is 8.08. The summed E-state index contributed by atoms with van der Waals surface area (Å²) in [5.74, 6) is -0.488. The lowest BCUT2D eigenvalue weighted by Gasteiger charge is -2.37. The highest BCUT2D eigenvalue weighted by molar-refractivity contribution is 6.30. The number of anilines is 2. The molecule has 1 aromatic heterocycles. The fourth-order valence-corrected chi connectivity index (χ4v) is 5.95. The van der Waals surface area contributed by atoms with Crippen LogP contribution in [0.15, 0.2) is 65.6 Å². The molecule has 0 bridgehead atoms. The molecule has 45 heavy (non-hydrogen) atoms. The van der Waals surface area contributed by atoms with Crippen LogP contribution in [0.5, 0.6) is 0 Å². The number of piperazine rings is 1. The molecule has 3 aromatic rings. The van der Waals surface area contributed by atoms with E-state index in [1.807, 2.05) is 11.0 Å².